The average Bonchev–Trinajstić information content (AvgIpc) is 3.03. The molecule has 0 fully saturated rings. The Hall–Kier alpha value is -3.17. The van der Waals surface area contributed by atoms with Crippen molar-refractivity contribution >= 4 is 16.9 Å². The van der Waals surface area contributed by atoms with Gasteiger partial charge in [0.1, 0.15) is 0 Å². The molecule has 0 aliphatic heterocycles. The molecule has 3 rings (SSSR count). The molecule has 142 valence electrons. The Balaban J connectivity index is 1.75. The third-order valence-electron chi connectivity index (χ3n) is 3.48. The molecule has 0 unspecified atom stereocenters. The lowest BCUT2D eigenvalue weighted by molar-refractivity contribution is -0.154. The summed E-state index contributed by atoms with van der Waals surface area (Å²) in [5, 5.41) is 4.91. The minimum Gasteiger partial charge on any atom is -0.468 e. The first-order valence-corrected chi connectivity index (χ1v) is 7.99. The number of rotatable bonds is 6. The van der Waals surface area contributed by atoms with Gasteiger partial charge in [0.25, 0.3) is 0 Å². The van der Waals surface area contributed by atoms with Gasteiger partial charge < -0.3 is 9.47 Å². The number of hydrogen-bond donors (Lipinski definition) is 0. The zero-order valence-corrected chi connectivity index (χ0v) is 14.2. The number of alkyl halides is 3. The molecule has 0 spiro atoms. The molecule has 0 saturated carbocycles. The van der Waals surface area contributed by atoms with Crippen molar-refractivity contribution in [3.63, 3.8) is 0 Å². The Morgan fingerprint density at radius 3 is 2.70 bits per heavy atom. The van der Waals surface area contributed by atoms with Gasteiger partial charge in [0, 0.05) is 24.7 Å². The molecule has 0 N–H and O–H groups in total. The molecule has 7 nitrogen and oxygen atoms in total. The Morgan fingerprint density at radius 1 is 1.22 bits per heavy atom. The summed E-state index contributed by atoms with van der Waals surface area (Å²) in [6.07, 6.45) is 0.117. The Kier molecular flexibility index (Phi) is 5.24. The van der Waals surface area contributed by atoms with E-state index in [0.717, 1.165) is 0 Å². The van der Waals surface area contributed by atoms with Gasteiger partial charge in [0.15, 0.2) is 12.3 Å². The molecule has 0 atom stereocenters. The monoisotopic (exact) mass is 380 g/mol. The number of pyridine rings is 2. The van der Waals surface area contributed by atoms with Crippen LogP contribution in [0.4, 0.5) is 13.2 Å². The zero-order chi connectivity index (χ0) is 19.4. The highest BCUT2D eigenvalue weighted by atomic mass is 19.4. The molecular formula is C17H15F3N4O3. The van der Waals surface area contributed by atoms with Crippen molar-refractivity contribution in [1.29, 1.82) is 0 Å². The van der Waals surface area contributed by atoms with Gasteiger partial charge in [-0.25, -0.2) is 14.8 Å². The van der Waals surface area contributed by atoms with E-state index in [2.05, 4.69) is 19.8 Å². The van der Waals surface area contributed by atoms with Crippen molar-refractivity contribution in [2.75, 3.05) is 13.2 Å². The molecule has 0 aliphatic rings. The standard InChI is InChI=1S/C17H15F3N4O3/c1-2-26-16(25)15-12-9-24(23-13(12)5-6-21-15)8-11-3-4-14(22-7-11)27-10-17(18,19)20/h3-7,9H,2,8,10H2,1H3. The molecule has 0 aromatic carbocycles. The van der Waals surface area contributed by atoms with Gasteiger partial charge in [0.2, 0.25) is 5.88 Å². The summed E-state index contributed by atoms with van der Waals surface area (Å²) in [6.45, 7) is 0.854. The second kappa shape index (κ2) is 7.60. The molecule has 3 aromatic rings. The lowest BCUT2D eigenvalue weighted by atomic mass is 10.2. The number of fused-ring (bicyclic) bond motifs is 1. The van der Waals surface area contributed by atoms with Crippen LogP contribution in [0.5, 0.6) is 5.88 Å². The number of nitrogens with zero attached hydrogens (tertiary/aromatic N) is 4. The van der Waals surface area contributed by atoms with Crippen LogP contribution in [0.25, 0.3) is 10.9 Å². The second-order valence-electron chi connectivity index (χ2n) is 5.55. The number of ether oxygens (including phenoxy) is 2. The van der Waals surface area contributed by atoms with E-state index >= 15 is 0 Å². The Morgan fingerprint density at radius 2 is 2.04 bits per heavy atom. The Labute approximate surface area is 151 Å². The summed E-state index contributed by atoms with van der Waals surface area (Å²) in [6, 6.07) is 4.62. The lowest BCUT2D eigenvalue weighted by Crippen LogP contribution is -2.19. The number of carbonyl (C=O) groups is 1. The summed E-state index contributed by atoms with van der Waals surface area (Å²) in [4.78, 5) is 19.9. The van der Waals surface area contributed by atoms with Gasteiger partial charge in [-0.3, -0.25) is 4.68 Å². The second-order valence-corrected chi connectivity index (χ2v) is 5.55. The van der Waals surface area contributed by atoms with E-state index < -0.39 is 18.8 Å². The topological polar surface area (TPSA) is 79.1 Å². The minimum atomic E-state index is -4.42. The average molecular weight is 380 g/mol. The van der Waals surface area contributed by atoms with Gasteiger partial charge in [-0.15, -0.1) is 0 Å². The molecule has 3 heterocycles. The van der Waals surface area contributed by atoms with Crippen molar-refractivity contribution in [3.05, 3.63) is 48.0 Å². The first-order chi connectivity index (χ1) is 12.9. The molecule has 0 amide bonds. The van der Waals surface area contributed by atoms with Crippen LogP contribution in [0, 0.1) is 0 Å². The van der Waals surface area contributed by atoms with Gasteiger partial charge >= 0.3 is 12.1 Å². The number of esters is 1. The highest BCUT2D eigenvalue weighted by Crippen LogP contribution is 2.19. The summed E-state index contributed by atoms with van der Waals surface area (Å²) >= 11 is 0. The largest absolute Gasteiger partial charge is 0.468 e. The molecule has 0 bridgehead atoms. The summed E-state index contributed by atoms with van der Waals surface area (Å²) in [7, 11) is 0. The van der Waals surface area contributed by atoms with Crippen molar-refractivity contribution < 1.29 is 27.4 Å². The Bertz CT molecular complexity index is 939. The number of carbonyl (C=O) groups excluding carboxylic acids is 1. The van der Waals surface area contributed by atoms with Crippen LogP contribution in [0.1, 0.15) is 23.0 Å². The van der Waals surface area contributed by atoms with Crippen molar-refractivity contribution in [1.82, 2.24) is 19.7 Å². The van der Waals surface area contributed by atoms with Gasteiger partial charge in [-0.05, 0) is 18.6 Å². The van der Waals surface area contributed by atoms with Crippen LogP contribution in [-0.4, -0.2) is 45.1 Å². The van der Waals surface area contributed by atoms with Crippen LogP contribution in [-0.2, 0) is 11.3 Å². The van der Waals surface area contributed by atoms with Crippen molar-refractivity contribution in [2.24, 2.45) is 0 Å². The smallest absolute Gasteiger partial charge is 0.422 e. The molecule has 3 aromatic heterocycles. The van der Waals surface area contributed by atoms with Gasteiger partial charge in [0.05, 0.1) is 24.1 Å². The predicted octanol–water partition coefficient (Wildman–Crippen LogP) is 2.99. The van der Waals surface area contributed by atoms with Crippen LogP contribution in [0.3, 0.4) is 0 Å². The number of hydrogen-bond acceptors (Lipinski definition) is 6. The first-order valence-electron chi connectivity index (χ1n) is 7.99. The third-order valence-corrected chi connectivity index (χ3v) is 3.48. The molecule has 0 saturated heterocycles. The highest BCUT2D eigenvalue weighted by Gasteiger charge is 2.28. The van der Waals surface area contributed by atoms with Gasteiger partial charge in [-0.2, -0.15) is 18.3 Å². The summed E-state index contributed by atoms with van der Waals surface area (Å²) in [5.41, 5.74) is 1.45. The van der Waals surface area contributed by atoms with E-state index in [1.54, 1.807) is 29.9 Å². The number of aromatic nitrogens is 4. The van der Waals surface area contributed by atoms with E-state index in [0.29, 0.717) is 23.0 Å². The van der Waals surface area contributed by atoms with E-state index in [9.17, 15) is 18.0 Å². The quantitative estimate of drug-likeness (QED) is 0.612. The fourth-order valence-corrected chi connectivity index (χ4v) is 2.37. The van der Waals surface area contributed by atoms with Crippen LogP contribution < -0.4 is 4.74 Å². The van der Waals surface area contributed by atoms with E-state index in [1.165, 1.54) is 18.5 Å². The molecule has 0 radical (unpaired) electrons. The molecule has 27 heavy (non-hydrogen) atoms. The number of halogens is 3. The maximum absolute atomic E-state index is 12.1. The van der Waals surface area contributed by atoms with Crippen LogP contribution in [0.15, 0.2) is 36.8 Å². The predicted molar refractivity (Wildman–Crippen MR) is 88.4 cm³/mol. The summed E-state index contributed by atoms with van der Waals surface area (Å²) < 4.78 is 47.6. The molecular weight excluding hydrogens is 365 g/mol. The summed E-state index contributed by atoms with van der Waals surface area (Å²) in [5.74, 6) is -0.647. The fraction of sp³-hybridized carbons (Fsp3) is 0.294. The van der Waals surface area contributed by atoms with Gasteiger partial charge in [-0.1, -0.05) is 6.07 Å². The van der Waals surface area contributed by atoms with Crippen molar-refractivity contribution in [2.45, 2.75) is 19.6 Å². The van der Waals surface area contributed by atoms with E-state index in [1.807, 2.05) is 0 Å². The third kappa shape index (κ3) is 4.72. The van der Waals surface area contributed by atoms with E-state index in [4.69, 9.17) is 4.74 Å². The maximum atomic E-state index is 12.1. The SMILES string of the molecule is CCOC(=O)c1nccc2nn(Cc3ccc(OCC(F)(F)F)nc3)cc12. The van der Waals surface area contributed by atoms with Crippen LogP contribution in [0.2, 0.25) is 0 Å². The fourth-order valence-electron chi connectivity index (χ4n) is 2.37. The first kappa shape index (κ1) is 18.6. The lowest BCUT2D eigenvalue weighted by Gasteiger charge is -2.08. The normalized spacial score (nSPS) is 11.6. The minimum absolute atomic E-state index is 0.115. The van der Waals surface area contributed by atoms with E-state index in [-0.39, 0.29) is 18.2 Å². The highest BCUT2D eigenvalue weighted by molar-refractivity contribution is 6.01. The maximum Gasteiger partial charge on any atom is 0.422 e. The van der Waals surface area contributed by atoms with Crippen molar-refractivity contribution in [3.8, 4) is 5.88 Å². The molecule has 10 heteroatoms. The van der Waals surface area contributed by atoms with Crippen LogP contribution >= 0.6 is 0 Å². The molecule has 0 aliphatic carbocycles. The zero-order valence-electron chi connectivity index (χ0n) is 14.2.